The first-order valence-corrected chi connectivity index (χ1v) is 8.00. The molecule has 2 aromatic heterocycles. The third-order valence-electron chi connectivity index (χ3n) is 3.91. The largest absolute Gasteiger partial charge is 0.377 e. The lowest BCUT2D eigenvalue weighted by atomic mass is 9.99. The fraction of sp³-hybridized carbons (Fsp3) is 0.438. The Labute approximate surface area is 123 Å². The number of pyridine rings is 1. The summed E-state index contributed by atoms with van der Waals surface area (Å²) in [6.45, 7) is 2.18. The maximum Gasteiger partial charge on any atom is 0.250 e. The highest BCUT2D eigenvalue weighted by atomic mass is 32.1. The zero-order chi connectivity index (χ0) is 14.1. The van der Waals surface area contributed by atoms with Gasteiger partial charge in [-0.15, -0.1) is 11.3 Å². The van der Waals surface area contributed by atoms with Gasteiger partial charge in [-0.3, -0.25) is 4.79 Å². The summed E-state index contributed by atoms with van der Waals surface area (Å²) in [7, 11) is 1.78. The lowest BCUT2D eigenvalue weighted by Crippen LogP contribution is -2.16. The molecule has 0 bridgehead atoms. The highest BCUT2D eigenvalue weighted by Crippen LogP contribution is 2.33. The molecule has 1 unspecified atom stereocenters. The van der Waals surface area contributed by atoms with Crippen LogP contribution in [0.5, 0.6) is 0 Å². The summed E-state index contributed by atoms with van der Waals surface area (Å²) in [6.07, 6.45) is 6.98. The van der Waals surface area contributed by atoms with Gasteiger partial charge in [-0.05, 0) is 50.3 Å². The Kier molecular flexibility index (Phi) is 3.66. The highest BCUT2D eigenvalue weighted by molar-refractivity contribution is 7.12. The molecular formula is C16H20N2OS. The molecule has 1 aliphatic rings. The molecule has 2 aromatic rings. The minimum atomic E-state index is 0.0230. The number of anilines is 1. The van der Waals surface area contributed by atoms with E-state index in [4.69, 9.17) is 0 Å². The Morgan fingerprint density at radius 1 is 1.30 bits per heavy atom. The molecule has 0 saturated carbocycles. The van der Waals surface area contributed by atoms with E-state index in [0.717, 1.165) is 5.69 Å². The summed E-state index contributed by atoms with van der Waals surface area (Å²) in [4.78, 5) is 14.4. The van der Waals surface area contributed by atoms with E-state index in [1.807, 2.05) is 23.6 Å². The third-order valence-corrected chi connectivity index (χ3v) is 5.33. The van der Waals surface area contributed by atoms with Crippen LogP contribution in [0.3, 0.4) is 0 Å². The van der Waals surface area contributed by atoms with Gasteiger partial charge in [0.05, 0.1) is 11.7 Å². The van der Waals surface area contributed by atoms with E-state index in [1.165, 1.54) is 30.6 Å². The summed E-state index contributed by atoms with van der Waals surface area (Å²) in [5.74, 6) is 0. The van der Waals surface area contributed by atoms with E-state index in [9.17, 15) is 4.79 Å². The monoisotopic (exact) mass is 288 g/mol. The van der Waals surface area contributed by atoms with E-state index in [1.54, 1.807) is 28.1 Å². The fourth-order valence-corrected chi connectivity index (χ4v) is 3.99. The van der Waals surface area contributed by atoms with Gasteiger partial charge in [0.25, 0.3) is 0 Å². The summed E-state index contributed by atoms with van der Waals surface area (Å²) < 4.78 is 1.61. The molecule has 0 aliphatic heterocycles. The Balaban J connectivity index is 1.78. The van der Waals surface area contributed by atoms with E-state index in [2.05, 4.69) is 18.3 Å². The standard InChI is InChI=1S/C16H20N2OS/c1-11(17-13-7-8-16(19)18(2)10-13)15-9-12-5-3-4-6-14(12)20-15/h7-11,17H,3-6H2,1-2H3. The summed E-state index contributed by atoms with van der Waals surface area (Å²) in [5, 5.41) is 3.49. The molecule has 1 aliphatic carbocycles. The minimum absolute atomic E-state index is 0.0230. The molecule has 3 nitrogen and oxygen atoms in total. The van der Waals surface area contributed by atoms with Crippen LogP contribution in [0.25, 0.3) is 0 Å². The zero-order valence-electron chi connectivity index (χ0n) is 12.0. The van der Waals surface area contributed by atoms with Crippen LogP contribution in [0.4, 0.5) is 5.69 Å². The van der Waals surface area contributed by atoms with Crippen LogP contribution in [0.2, 0.25) is 0 Å². The molecule has 1 N–H and O–H groups in total. The lowest BCUT2D eigenvalue weighted by molar-refractivity contribution is 0.696. The van der Waals surface area contributed by atoms with Gasteiger partial charge in [0, 0.05) is 29.1 Å². The quantitative estimate of drug-likeness (QED) is 0.938. The van der Waals surface area contributed by atoms with Gasteiger partial charge in [-0.2, -0.15) is 0 Å². The first kappa shape index (κ1) is 13.4. The molecular weight excluding hydrogens is 268 g/mol. The number of hydrogen-bond donors (Lipinski definition) is 1. The van der Waals surface area contributed by atoms with Crippen molar-refractivity contribution in [3.8, 4) is 0 Å². The van der Waals surface area contributed by atoms with Crippen molar-refractivity contribution in [2.24, 2.45) is 7.05 Å². The normalized spacial score (nSPS) is 15.7. The average molecular weight is 288 g/mol. The predicted octanol–water partition coefficient (Wildman–Crippen LogP) is 3.50. The van der Waals surface area contributed by atoms with Crippen LogP contribution in [0.1, 0.15) is 41.1 Å². The van der Waals surface area contributed by atoms with Crippen LogP contribution < -0.4 is 10.9 Å². The van der Waals surface area contributed by atoms with Gasteiger partial charge < -0.3 is 9.88 Å². The number of thiophene rings is 1. The van der Waals surface area contributed by atoms with Crippen molar-refractivity contribution in [2.45, 2.75) is 38.6 Å². The van der Waals surface area contributed by atoms with E-state index in [0.29, 0.717) is 0 Å². The second kappa shape index (κ2) is 5.44. The van der Waals surface area contributed by atoms with Crippen molar-refractivity contribution in [3.63, 3.8) is 0 Å². The lowest BCUT2D eigenvalue weighted by Gasteiger charge is -2.14. The minimum Gasteiger partial charge on any atom is -0.377 e. The van der Waals surface area contributed by atoms with Crippen molar-refractivity contribution >= 4 is 17.0 Å². The second-order valence-electron chi connectivity index (χ2n) is 5.54. The molecule has 0 aromatic carbocycles. The van der Waals surface area contributed by atoms with Crippen molar-refractivity contribution in [1.82, 2.24) is 4.57 Å². The molecule has 0 fully saturated rings. The van der Waals surface area contributed by atoms with E-state index >= 15 is 0 Å². The number of nitrogens with zero attached hydrogens (tertiary/aromatic N) is 1. The fourth-order valence-electron chi connectivity index (χ4n) is 2.73. The van der Waals surface area contributed by atoms with Crippen LogP contribution in [0, 0.1) is 0 Å². The van der Waals surface area contributed by atoms with Crippen LogP contribution in [-0.2, 0) is 19.9 Å². The third kappa shape index (κ3) is 2.66. The summed E-state index contributed by atoms with van der Waals surface area (Å²) in [6, 6.07) is 6.10. The van der Waals surface area contributed by atoms with Crippen molar-refractivity contribution in [2.75, 3.05) is 5.32 Å². The molecule has 3 rings (SSSR count). The Morgan fingerprint density at radius 2 is 2.10 bits per heavy atom. The number of hydrogen-bond acceptors (Lipinski definition) is 3. The molecule has 0 spiro atoms. The van der Waals surface area contributed by atoms with Crippen LogP contribution >= 0.6 is 11.3 Å². The first-order valence-electron chi connectivity index (χ1n) is 7.18. The Bertz CT molecular complexity index is 648. The van der Waals surface area contributed by atoms with Gasteiger partial charge in [0.2, 0.25) is 5.56 Å². The van der Waals surface area contributed by atoms with Gasteiger partial charge in [-0.1, -0.05) is 0 Å². The van der Waals surface area contributed by atoms with Gasteiger partial charge in [0.15, 0.2) is 0 Å². The van der Waals surface area contributed by atoms with Crippen LogP contribution in [-0.4, -0.2) is 4.57 Å². The van der Waals surface area contributed by atoms with E-state index < -0.39 is 0 Å². The predicted molar refractivity (Wildman–Crippen MR) is 84.7 cm³/mol. The molecule has 0 radical (unpaired) electrons. The van der Waals surface area contributed by atoms with Gasteiger partial charge in [-0.25, -0.2) is 0 Å². The van der Waals surface area contributed by atoms with Gasteiger partial charge in [0.1, 0.15) is 0 Å². The molecule has 2 heterocycles. The number of nitrogens with one attached hydrogen (secondary N) is 1. The molecule has 0 saturated heterocycles. The topological polar surface area (TPSA) is 34.0 Å². The van der Waals surface area contributed by atoms with Crippen molar-refractivity contribution in [1.29, 1.82) is 0 Å². The molecule has 1 atom stereocenters. The van der Waals surface area contributed by atoms with Gasteiger partial charge >= 0.3 is 0 Å². The SMILES string of the molecule is CC(Nc1ccc(=O)n(C)c1)c1cc2c(s1)CCCC2. The molecule has 20 heavy (non-hydrogen) atoms. The van der Waals surface area contributed by atoms with Crippen molar-refractivity contribution < 1.29 is 0 Å². The summed E-state index contributed by atoms with van der Waals surface area (Å²) >= 11 is 1.94. The first-order chi connectivity index (χ1) is 9.63. The number of aromatic nitrogens is 1. The average Bonchev–Trinajstić information content (AvgIpc) is 2.87. The maximum atomic E-state index is 11.4. The highest BCUT2D eigenvalue weighted by Gasteiger charge is 2.16. The number of aryl methyl sites for hydroxylation is 3. The zero-order valence-corrected chi connectivity index (χ0v) is 12.8. The number of rotatable bonds is 3. The van der Waals surface area contributed by atoms with E-state index in [-0.39, 0.29) is 11.6 Å². The van der Waals surface area contributed by atoms with Crippen molar-refractivity contribution in [3.05, 3.63) is 50.1 Å². The Morgan fingerprint density at radius 3 is 2.85 bits per heavy atom. The summed E-state index contributed by atoms with van der Waals surface area (Å²) in [5.41, 5.74) is 2.56. The smallest absolute Gasteiger partial charge is 0.250 e. The Hall–Kier alpha value is -1.55. The molecule has 4 heteroatoms. The maximum absolute atomic E-state index is 11.4. The second-order valence-corrected chi connectivity index (χ2v) is 6.71. The molecule has 0 amide bonds. The van der Waals surface area contributed by atoms with Crippen LogP contribution in [0.15, 0.2) is 29.2 Å². The number of fused-ring (bicyclic) bond motifs is 1. The molecule has 106 valence electrons.